The van der Waals surface area contributed by atoms with Gasteiger partial charge in [0.1, 0.15) is 0 Å². The van der Waals surface area contributed by atoms with Gasteiger partial charge in [-0.25, -0.2) is 0 Å². The van der Waals surface area contributed by atoms with Crippen LogP contribution in [0.3, 0.4) is 0 Å². The Labute approximate surface area is 118 Å². The Bertz CT molecular complexity index is 470. The fourth-order valence-electron chi connectivity index (χ4n) is 2.18. The molecule has 0 aromatic heterocycles. The second kappa shape index (κ2) is 6.56. The maximum absolute atomic E-state index is 11.0. The van der Waals surface area contributed by atoms with E-state index >= 15 is 0 Å². The lowest BCUT2D eigenvalue weighted by molar-refractivity contribution is -0.386. The summed E-state index contributed by atoms with van der Waals surface area (Å²) in [6, 6.07) is 5.26. The highest BCUT2D eigenvalue weighted by Crippen LogP contribution is 2.31. The molecule has 0 saturated carbocycles. The Morgan fingerprint density at radius 1 is 1.40 bits per heavy atom. The van der Waals surface area contributed by atoms with Crippen LogP contribution in [0, 0.1) is 10.1 Å². The first-order chi connectivity index (χ1) is 9.56. The molecule has 0 amide bonds. The molecule has 0 unspecified atom stereocenters. The van der Waals surface area contributed by atoms with Crippen LogP contribution in [0.4, 0.5) is 11.4 Å². The van der Waals surface area contributed by atoms with E-state index in [1.165, 1.54) is 6.07 Å². The Balaban J connectivity index is 2.15. The van der Waals surface area contributed by atoms with Gasteiger partial charge >= 0.3 is 5.69 Å². The first-order valence-electron chi connectivity index (χ1n) is 6.85. The summed E-state index contributed by atoms with van der Waals surface area (Å²) in [6.07, 6.45) is 1.78. The second-order valence-electron chi connectivity index (χ2n) is 5.14. The molecule has 1 aliphatic rings. The molecule has 6 heteroatoms. The van der Waals surface area contributed by atoms with Crippen LogP contribution in [0.15, 0.2) is 18.2 Å². The van der Waals surface area contributed by atoms with Crippen LogP contribution in [0.2, 0.25) is 0 Å². The summed E-state index contributed by atoms with van der Waals surface area (Å²) < 4.78 is 10.8. The molecule has 1 saturated heterocycles. The molecule has 6 nitrogen and oxygen atoms in total. The van der Waals surface area contributed by atoms with Crippen LogP contribution in [0.5, 0.6) is 5.75 Å². The van der Waals surface area contributed by atoms with Crippen LogP contribution < -0.4 is 10.1 Å². The number of nitro groups is 1. The van der Waals surface area contributed by atoms with Gasteiger partial charge in [-0.1, -0.05) is 0 Å². The van der Waals surface area contributed by atoms with Crippen LogP contribution in [-0.2, 0) is 4.74 Å². The van der Waals surface area contributed by atoms with E-state index in [-0.39, 0.29) is 11.8 Å². The van der Waals surface area contributed by atoms with E-state index in [1.807, 2.05) is 13.8 Å². The zero-order valence-electron chi connectivity index (χ0n) is 11.8. The highest BCUT2D eigenvalue weighted by Gasteiger charge is 2.19. The number of nitro benzene ring substituents is 1. The minimum absolute atomic E-state index is 0.00349. The molecular weight excluding hydrogens is 260 g/mol. The van der Waals surface area contributed by atoms with Gasteiger partial charge < -0.3 is 14.8 Å². The number of nitrogens with one attached hydrogen (secondary N) is 1. The molecule has 1 N–H and O–H groups in total. The Hall–Kier alpha value is -1.82. The number of hydrogen-bond acceptors (Lipinski definition) is 5. The lowest BCUT2D eigenvalue weighted by Gasteiger charge is -2.24. The zero-order chi connectivity index (χ0) is 14.5. The van der Waals surface area contributed by atoms with Crippen molar-refractivity contribution in [1.29, 1.82) is 0 Å². The third-order valence-electron chi connectivity index (χ3n) is 3.11. The molecular formula is C14H20N2O4. The minimum atomic E-state index is -0.421. The molecule has 1 fully saturated rings. The Morgan fingerprint density at radius 3 is 2.70 bits per heavy atom. The topological polar surface area (TPSA) is 73.6 Å². The van der Waals surface area contributed by atoms with Crippen LogP contribution in [-0.4, -0.2) is 30.3 Å². The van der Waals surface area contributed by atoms with Crippen molar-refractivity contribution in [2.24, 2.45) is 0 Å². The number of benzene rings is 1. The molecule has 0 radical (unpaired) electrons. The molecule has 1 heterocycles. The van der Waals surface area contributed by atoms with E-state index < -0.39 is 4.92 Å². The summed E-state index contributed by atoms with van der Waals surface area (Å²) in [7, 11) is 0. The molecule has 1 aromatic rings. The van der Waals surface area contributed by atoms with Crippen molar-refractivity contribution in [3.05, 3.63) is 28.3 Å². The van der Waals surface area contributed by atoms with Crippen LogP contribution in [0.1, 0.15) is 26.7 Å². The zero-order valence-corrected chi connectivity index (χ0v) is 11.8. The van der Waals surface area contributed by atoms with E-state index in [9.17, 15) is 10.1 Å². The number of ether oxygens (including phenoxy) is 2. The standard InChI is InChI=1S/C14H20N2O4/c1-10(2)20-14-9-12(3-4-13(14)16(17)18)15-11-5-7-19-8-6-11/h3-4,9-11,15H,5-8H2,1-2H3. The van der Waals surface area contributed by atoms with Gasteiger partial charge in [0.05, 0.1) is 11.0 Å². The molecule has 0 aliphatic carbocycles. The predicted octanol–water partition coefficient (Wildman–Crippen LogP) is 2.97. The van der Waals surface area contributed by atoms with Gasteiger partial charge in [-0.3, -0.25) is 10.1 Å². The van der Waals surface area contributed by atoms with Crippen molar-refractivity contribution in [3.63, 3.8) is 0 Å². The number of anilines is 1. The summed E-state index contributed by atoms with van der Waals surface area (Å²) in [5, 5.41) is 14.4. The fraction of sp³-hybridized carbons (Fsp3) is 0.571. The lowest BCUT2D eigenvalue weighted by Crippen LogP contribution is -2.27. The smallest absolute Gasteiger partial charge is 0.311 e. The highest BCUT2D eigenvalue weighted by molar-refractivity contribution is 5.58. The quantitative estimate of drug-likeness (QED) is 0.663. The van der Waals surface area contributed by atoms with Crippen molar-refractivity contribution in [2.75, 3.05) is 18.5 Å². The van der Waals surface area contributed by atoms with E-state index in [2.05, 4.69) is 5.32 Å². The average Bonchev–Trinajstić information content (AvgIpc) is 2.39. The summed E-state index contributed by atoms with van der Waals surface area (Å²) in [6.45, 7) is 5.20. The summed E-state index contributed by atoms with van der Waals surface area (Å²) in [5.41, 5.74) is 0.842. The van der Waals surface area contributed by atoms with E-state index in [0.717, 1.165) is 31.7 Å². The van der Waals surface area contributed by atoms with E-state index in [0.29, 0.717) is 11.8 Å². The highest BCUT2D eigenvalue weighted by atomic mass is 16.6. The third kappa shape index (κ3) is 3.84. The van der Waals surface area contributed by atoms with Gasteiger partial charge in [-0.05, 0) is 32.8 Å². The van der Waals surface area contributed by atoms with Crippen molar-refractivity contribution in [2.45, 2.75) is 38.8 Å². The molecule has 1 aromatic carbocycles. The third-order valence-corrected chi connectivity index (χ3v) is 3.11. The SMILES string of the molecule is CC(C)Oc1cc(NC2CCOCC2)ccc1[N+](=O)[O-]. The van der Waals surface area contributed by atoms with Gasteiger partial charge in [-0.2, -0.15) is 0 Å². The maximum atomic E-state index is 11.0. The molecule has 20 heavy (non-hydrogen) atoms. The number of rotatable bonds is 5. The normalized spacial score (nSPS) is 16.1. The minimum Gasteiger partial charge on any atom is -0.484 e. The predicted molar refractivity (Wildman–Crippen MR) is 76.3 cm³/mol. The van der Waals surface area contributed by atoms with Crippen molar-refractivity contribution in [3.8, 4) is 5.75 Å². The van der Waals surface area contributed by atoms with Gasteiger partial charge in [0.25, 0.3) is 0 Å². The summed E-state index contributed by atoms with van der Waals surface area (Å²) in [5.74, 6) is 0.307. The van der Waals surface area contributed by atoms with Crippen LogP contribution in [0.25, 0.3) is 0 Å². The van der Waals surface area contributed by atoms with E-state index in [1.54, 1.807) is 12.1 Å². The van der Waals surface area contributed by atoms with Crippen LogP contribution >= 0.6 is 0 Å². The first-order valence-corrected chi connectivity index (χ1v) is 6.85. The van der Waals surface area contributed by atoms with Gasteiger partial charge in [0.15, 0.2) is 5.75 Å². The molecule has 1 aliphatic heterocycles. The Morgan fingerprint density at radius 2 is 2.10 bits per heavy atom. The molecule has 0 bridgehead atoms. The van der Waals surface area contributed by atoms with Gasteiger partial charge in [0, 0.05) is 37.1 Å². The van der Waals surface area contributed by atoms with E-state index in [4.69, 9.17) is 9.47 Å². The van der Waals surface area contributed by atoms with Gasteiger partial charge in [-0.15, -0.1) is 0 Å². The number of nitrogens with zero attached hydrogens (tertiary/aromatic N) is 1. The largest absolute Gasteiger partial charge is 0.484 e. The van der Waals surface area contributed by atoms with Gasteiger partial charge in [0.2, 0.25) is 0 Å². The molecule has 110 valence electrons. The molecule has 0 atom stereocenters. The van der Waals surface area contributed by atoms with Crippen molar-refractivity contribution in [1.82, 2.24) is 0 Å². The van der Waals surface area contributed by atoms with Crippen molar-refractivity contribution >= 4 is 11.4 Å². The molecule has 2 rings (SSSR count). The maximum Gasteiger partial charge on any atom is 0.311 e. The van der Waals surface area contributed by atoms with Crippen molar-refractivity contribution < 1.29 is 14.4 Å². The summed E-state index contributed by atoms with van der Waals surface area (Å²) in [4.78, 5) is 10.6. The first kappa shape index (κ1) is 14.6. The lowest BCUT2D eigenvalue weighted by atomic mass is 10.1. The molecule has 0 spiro atoms. The second-order valence-corrected chi connectivity index (χ2v) is 5.14. The Kier molecular flexibility index (Phi) is 4.79. The average molecular weight is 280 g/mol. The summed E-state index contributed by atoms with van der Waals surface area (Å²) >= 11 is 0. The monoisotopic (exact) mass is 280 g/mol. The number of hydrogen-bond donors (Lipinski definition) is 1. The fourth-order valence-corrected chi connectivity index (χ4v) is 2.18.